The molecule has 3 rings (SSSR count). The number of nitrogens with one attached hydrogen (secondary N) is 1. The fraction of sp³-hybridized carbons (Fsp3) is 0.722. The summed E-state index contributed by atoms with van der Waals surface area (Å²) >= 11 is 0. The fourth-order valence-corrected chi connectivity index (χ4v) is 3.43. The summed E-state index contributed by atoms with van der Waals surface area (Å²) in [5.41, 5.74) is -0.419. The van der Waals surface area contributed by atoms with E-state index in [1.165, 1.54) is 0 Å². The van der Waals surface area contributed by atoms with Crippen molar-refractivity contribution in [2.75, 3.05) is 56.2 Å². The van der Waals surface area contributed by atoms with Crippen molar-refractivity contribution in [2.24, 2.45) is 0 Å². The molecular weight excluding hydrogens is 334 g/mol. The Morgan fingerprint density at radius 3 is 2.73 bits per heavy atom. The van der Waals surface area contributed by atoms with Gasteiger partial charge in [-0.25, -0.2) is 4.98 Å². The molecule has 3 heterocycles. The second-order valence-electron chi connectivity index (χ2n) is 7.48. The van der Waals surface area contributed by atoms with Crippen molar-refractivity contribution in [3.05, 3.63) is 11.8 Å². The molecule has 26 heavy (non-hydrogen) atoms. The first kappa shape index (κ1) is 18.8. The third-order valence-electron chi connectivity index (χ3n) is 5.34. The Morgan fingerprint density at radius 1 is 1.38 bits per heavy atom. The lowest BCUT2D eigenvalue weighted by Crippen LogP contribution is -2.40. The molecule has 1 aromatic rings. The predicted octanol–water partition coefficient (Wildman–Crippen LogP) is 1.18. The minimum absolute atomic E-state index is 0.325. The molecule has 0 bridgehead atoms. The van der Waals surface area contributed by atoms with E-state index < -0.39 is 11.4 Å². The van der Waals surface area contributed by atoms with E-state index >= 15 is 0 Å². The number of ether oxygens (including phenoxy) is 1. The number of carboxylic acid groups (broad SMARTS) is 1. The highest BCUT2D eigenvalue weighted by molar-refractivity contribution is 5.82. The highest BCUT2D eigenvalue weighted by Crippen LogP contribution is 2.32. The number of carboxylic acids is 1. The van der Waals surface area contributed by atoms with Gasteiger partial charge in [-0.2, -0.15) is 4.98 Å². The third kappa shape index (κ3) is 3.91. The van der Waals surface area contributed by atoms with Crippen LogP contribution in [0.4, 0.5) is 11.8 Å². The van der Waals surface area contributed by atoms with Crippen molar-refractivity contribution in [1.29, 1.82) is 0 Å². The van der Waals surface area contributed by atoms with Crippen LogP contribution in [0.5, 0.6) is 0 Å². The summed E-state index contributed by atoms with van der Waals surface area (Å²) in [6.07, 6.45) is 2.73. The molecule has 1 atom stereocenters. The maximum Gasteiger partial charge on any atom is 0.313 e. The number of aromatic nitrogens is 2. The van der Waals surface area contributed by atoms with Crippen LogP contribution in [0.2, 0.25) is 0 Å². The average molecular weight is 363 g/mol. The number of rotatable bonds is 6. The molecule has 2 N–H and O–H groups in total. The van der Waals surface area contributed by atoms with E-state index in [0.717, 1.165) is 26.1 Å². The quantitative estimate of drug-likeness (QED) is 0.779. The minimum Gasteiger partial charge on any atom is -0.481 e. The lowest BCUT2D eigenvalue weighted by atomic mass is 9.85. The molecule has 2 aliphatic rings. The van der Waals surface area contributed by atoms with Gasteiger partial charge in [0.15, 0.2) is 0 Å². The van der Waals surface area contributed by atoms with Crippen LogP contribution in [-0.4, -0.2) is 77.9 Å². The summed E-state index contributed by atoms with van der Waals surface area (Å²) in [6, 6.07) is 0.325. The zero-order valence-corrected chi connectivity index (χ0v) is 15.9. The normalized spacial score (nSPS) is 21.8. The minimum atomic E-state index is -1.06. The molecule has 8 nitrogen and oxygen atoms in total. The molecule has 2 aliphatic heterocycles. The molecule has 0 unspecified atom stereocenters. The molecule has 0 radical (unpaired) electrons. The van der Waals surface area contributed by atoms with Gasteiger partial charge in [0.1, 0.15) is 5.82 Å². The van der Waals surface area contributed by atoms with E-state index in [9.17, 15) is 9.90 Å². The van der Waals surface area contributed by atoms with E-state index in [2.05, 4.69) is 27.0 Å². The van der Waals surface area contributed by atoms with Crippen LogP contribution in [0.15, 0.2) is 6.20 Å². The Bertz CT molecular complexity index is 646. The van der Waals surface area contributed by atoms with Crippen molar-refractivity contribution in [3.8, 4) is 0 Å². The summed E-state index contributed by atoms with van der Waals surface area (Å²) in [7, 11) is 0. The van der Waals surface area contributed by atoms with Crippen LogP contribution >= 0.6 is 0 Å². The molecule has 0 aliphatic carbocycles. The van der Waals surface area contributed by atoms with Crippen molar-refractivity contribution in [3.63, 3.8) is 0 Å². The molecule has 0 aromatic carbocycles. The number of anilines is 2. The van der Waals surface area contributed by atoms with E-state index in [-0.39, 0.29) is 0 Å². The van der Waals surface area contributed by atoms with Gasteiger partial charge in [-0.1, -0.05) is 6.92 Å². The zero-order chi connectivity index (χ0) is 18.7. The van der Waals surface area contributed by atoms with E-state index in [4.69, 9.17) is 9.72 Å². The molecular formula is C18H29N5O3. The maximum atomic E-state index is 11.8. The number of aliphatic carboxylic acids is 1. The summed E-state index contributed by atoms with van der Waals surface area (Å²) < 4.78 is 5.43. The molecule has 1 aromatic heterocycles. The topological polar surface area (TPSA) is 90.8 Å². The number of likely N-dealkylation sites (N-methyl/N-ethyl adjacent to an activating group) is 1. The van der Waals surface area contributed by atoms with Gasteiger partial charge in [-0.15, -0.1) is 0 Å². The largest absolute Gasteiger partial charge is 0.481 e. The van der Waals surface area contributed by atoms with Crippen LogP contribution in [0, 0.1) is 0 Å². The zero-order valence-electron chi connectivity index (χ0n) is 15.9. The monoisotopic (exact) mass is 363 g/mol. The van der Waals surface area contributed by atoms with E-state index in [1.807, 2.05) is 0 Å². The molecule has 2 fully saturated rings. The van der Waals surface area contributed by atoms with E-state index in [0.29, 0.717) is 49.7 Å². The summed E-state index contributed by atoms with van der Waals surface area (Å²) in [5.74, 6) is 0.383. The van der Waals surface area contributed by atoms with Crippen molar-refractivity contribution in [2.45, 2.75) is 38.6 Å². The smallest absolute Gasteiger partial charge is 0.313 e. The van der Waals surface area contributed by atoms with Gasteiger partial charge in [0.05, 0.1) is 18.6 Å². The summed E-state index contributed by atoms with van der Waals surface area (Å²) in [5, 5.41) is 13.1. The van der Waals surface area contributed by atoms with Crippen LogP contribution < -0.4 is 10.2 Å². The van der Waals surface area contributed by atoms with Crippen LogP contribution in [-0.2, 0) is 14.9 Å². The van der Waals surface area contributed by atoms with Gasteiger partial charge in [0, 0.05) is 44.0 Å². The van der Waals surface area contributed by atoms with Crippen LogP contribution in [0.3, 0.4) is 0 Å². The highest BCUT2D eigenvalue weighted by atomic mass is 16.5. The predicted molar refractivity (Wildman–Crippen MR) is 99.9 cm³/mol. The fourth-order valence-electron chi connectivity index (χ4n) is 3.43. The van der Waals surface area contributed by atoms with Crippen molar-refractivity contribution < 1.29 is 14.6 Å². The van der Waals surface area contributed by atoms with Gasteiger partial charge < -0.3 is 25.0 Å². The first-order chi connectivity index (χ1) is 12.4. The van der Waals surface area contributed by atoms with E-state index in [1.54, 1.807) is 20.0 Å². The average Bonchev–Trinajstić information content (AvgIpc) is 3.09. The van der Waals surface area contributed by atoms with Gasteiger partial charge in [0.25, 0.3) is 0 Å². The highest BCUT2D eigenvalue weighted by Gasteiger charge is 2.35. The molecule has 8 heteroatoms. The molecule has 2 saturated heterocycles. The Balaban J connectivity index is 1.87. The first-order valence-corrected chi connectivity index (χ1v) is 9.34. The second kappa shape index (κ2) is 7.75. The lowest BCUT2D eigenvalue weighted by molar-refractivity contribution is -0.142. The number of likely N-dealkylation sites (tertiary alicyclic amines) is 1. The SMILES string of the molecule is CCN1CC[C@@H](Nc2ncc(C(C)(C)C(=O)O)c(N3CCOCC3)n2)C1. The third-order valence-corrected chi connectivity index (χ3v) is 5.34. The Morgan fingerprint density at radius 2 is 2.12 bits per heavy atom. The number of hydrogen-bond donors (Lipinski definition) is 2. The number of nitrogens with zero attached hydrogens (tertiary/aromatic N) is 4. The second-order valence-corrected chi connectivity index (χ2v) is 7.48. The van der Waals surface area contributed by atoms with Crippen LogP contribution in [0.25, 0.3) is 0 Å². The summed E-state index contributed by atoms with van der Waals surface area (Å²) in [4.78, 5) is 25.4. The van der Waals surface area contributed by atoms with Crippen molar-refractivity contribution in [1.82, 2.24) is 14.9 Å². The maximum absolute atomic E-state index is 11.8. The Kier molecular flexibility index (Phi) is 5.62. The lowest BCUT2D eigenvalue weighted by Gasteiger charge is -2.32. The molecule has 0 saturated carbocycles. The number of morpholine rings is 1. The number of carbonyl (C=O) groups is 1. The van der Waals surface area contributed by atoms with Gasteiger partial charge in [0.2, 0.25) is 5.95 Å². The summed E-state index contributed by atoms with van der Waals surface area (Å²) in [6.45, 7) is 11.3. The molecule has 0 amide bonds. The number of hydrogen-bond acceptors (Lipinski definition) is 7. The molecule has 0 spiro atoms. The Labute approximate surface area is 154 Å². The Hall–Kier alpha value is -1.93. The van der Waals surface area contributed by atoms with Crippen LogP contribution in [0.1, 0.15) is 32.8 Å². The van der Waals surface area contributed by atoms with Gasteiger partial charge in [-0.3, -0.25) is 4.79 Å². The van der Waals surface area contributed by atoms with Gasteiger partial charge in [-0.05, 0) is 26.8 Å². The van der Waals surface area contributed by atoms with Crippen molar-refractivity contribution >= 4 is 17.7 Å². The van der Waals surface area contributed by atoms with Gasteiger partial charge >= 0.3 is 5.97 Å². The first-order valence-electron chi connectivity index (χ1n) is 9.34. The standard InChI is InChI=1S/C18H29N5O3/c1-4-22-6-5-13(12-22)20-17-19-11-14(18(2,3)16(24)25)15(21-17)23-7-9-26-10-8-23/h11,13H,4-10,12H2,1-3H3,(H,24,25)(H,19,20,21)/t13-/m1/s1. The molecule has 144 valence electrons.